The third-order valence-corrected chi connectivity index (χ3v) is 7.27. The molecule has 9 heteroatoms. The predicted octanol–water partition coefficient (Wildman–Crippen LogP) is 0.868. The van der Waals surface area contributed by atoms with Gasteiger partial charge in [0.2, 0.25) is 21.8 Å². The van der Waals surface area contributed by atoms with Gasteiger partial charge < -0.3 is 10.6 Å². The summed E-state index contributed by atoms with van der Waals surface area (Å²) in [4.78, 5) is 27.5. The number of rotatable bonds is 7. The van der Waals surface area contributed by atoms with Gasteiger partial charge in [-0.15, -0.1) is 0 Å². The van der Waals surface area contributed by atoms with Crippen molar-refractivity contribution in [1.82, 2.24) is 14.1 Å². The third-order valence-electron chi connectivity index (χ3n) is 5.38. The van der Waals surface area contributed by atoms with Crippen LogP contribution in [0.4, 0.5) is 0 Å². The van der Waals surface area contributed by atoms with E-state index in [2.05, 4.69) is 0 Å². The first-order valence-electron chi connectivity index (χ1n) is 9.97. The number of amides is 2. The van der Waals surface area contributed by atoms with Crippen molar-refractivity contribution in [2.75, 3.05) is 39.3 Å². The molecule has 1 heterocycles. The Morgan fingerprint density at radius 3 is 2.23 bits per heavy atom. The lowest BCUT2D eigenvalue weighted by Crippen LogP contribution is -2.53. The van der Waals surface area contributed by atoms with E-state index in [1.807, 2.05) is 38.1 Å². The van der Waals surface area contributed by atoms with E-state index in [9.17, 15) is 18.0 Å². The van der Waals surface area contributed by atoms with Crippen molar-refractivity contribution in [3.63, 3.8) is 0 Å². The Labute approximate surface area is 177 Å². The fourth-order valence-electron chi connectivity index (χ4n) is 3.55. The van der Waals surface area contributed by atoms with Crippen molar-refractivity contribution in [3.05, 3.63) is 42.5 Å². The van der Waals surface area contributed by atoms with Crippen LogP contribution in [0.2, 0.25) is 0 Å². The van der Waals surface area contributed by atoms with Gasteiger partial charge in [-0.2, -0.15) is 4.31 Å². The molecule has 0 aromatic heterocycles. The normalized spacial score (nSPS) is 15.8. The summed E-state index contributed by atoms with van der Waals surface area (Å²) < 4.78 is 27.5. The number of fused-ring (bicyclic) bond motifs is 1. The highest BCUT2D eigenvalue weighted by molar-refractivity contribution is 7.89. The van der Waals surface area contributed by atoms with Gasteiger partial charge in [-0.3, -0.25) is 14.5 Å². The minimum atomic E-state index is -3.63. The van der Waals surface area contributed by atoms with Gasteiger partial charge in [0.25, 0.3) is 0 Å². The first-order valence-corrected chi connectivity index (χ1v) is 11.4. The zero-order valence-corrected chi connectivity index (χ0v) is 18.1. The Bertz CT molecular complexity index is 1030. The number of benzene rings is 2. The average molecular weight is 433 g/mol. The van der Waals surface area contributed by atoms with Crippen molar-refractivity contribution < 1.29 is 18.0 Å². The summed E-state index contributed by atoms with van der Waals surface area (Å²) in [5.41, 5.74) is 5.26. The molecule has 1 saturated heterocycles. The summed E-state index contributed by atoms with van der Waals surface area (Å²) in [6, 6.07) is 12.7. The molecule has 0 atom stereocenters. The molecule has 0 radical (unpaired) electrons. The van der Waals surface area contributed by atoms with E-state index in [0.29, 0.717) is 13.1 Å². The molecule has 0 bridgehead atoms. The molecule has 162 valence electrons. The van der Waals surface area contributed by atoms with Gasteiger partial charge in [0.1, 0.15) is 0 Å². The Hall–Kier alpha value is -2.49. The summed E-state index contributed by atoms with van der Waals surface area (Å²) in [6.07, 6.45) is 0. The molecule has 0 aliphatic carbocycles. The van der Waals surface area contributed by atoms with Crippen molar-refractivity contribution >= 4 is 32.6 Å². The Balaban J connectivity index is 1.65. The van der Waals surface area contributed by atoms with Crippen LogP contribution in [0.1, 0.15) is 13.8 Å². The molecule has 2 aromatic carbocycles. The first-order chi connectivity index (χ1) is 14.2. The molecule has 1 aliphatic heterocycles. The van der Waals surface area contributed by atoms with Crippen LogP contribution in [0.3, 0.4) is 0 Å². The standard InChI is InChI=1S/C21H28N4O4S/c1-16(2)24(14-20(22)26)15-21(27)23-9-11-25(12-10-23)30(28,29)19-8-7-17-5-3-4-6-18(17)13-19/h3-8,13,16H,9-12,14-15H2,1-2H3,(H2,22,26). The Kier molecular flexibility index (Phi) is 6.74. The van der Waals surface area contributed by atoms with E-state index in [0.717, 1.165) is 10.8 Å². The smallest absolute Gasteiger partial charge is 0.243 e. The van der Waals surface area contributed by atoms with Gasteiger partial charge in [0.15, 0.2) is 0 Å². The number of piperazine rings is 1. The van der Waals surface area contributed by atoms with Crippen LogP contribution in [0.25, 0.3) is 10.8 Å². The number of hydrogen-bond donors (Lipinski definition) is 1. The van der Waals surface area contributed by atoms with E-state index in [4.69, 9.17) is 5.73 Å². The van der Waals surface area contributed by atoms with Crippen LogP contribution in [0.5, 0.6) is 0 Å². The number of hydrogen-bond acceptors (Lipinski definition) is 5. The topological polar surface area (TPSA) is 104 Å². The number of carbonyl (C=O) groups excluding carboxylic acids is 2. The molecule has 30 heavy (non-hydrogen) atoms. The van der Waals surface area contributed by atoms with E-state index in [1.54, 1.807) is 28.0 Å². The minimum absolute atomic E-state index is 0.00368. The molecule has 2 amide bonds. The number of nitrogens with zero attached hydrogens (tertiary/aromatic N) is 3. The molecule has 8 nitrogen and oxygen atoms in total. The van der Waals surface area contributed by atoms with E-state index in [1.165, 1.54) is 4.31 Å². The number of carbonyl (C=O) groups is 2. The zero-order valence-electron chi connectivity index (χ0n) is 17.3. The second kappa shape index (κ2) is 9.11. The fourth-order valence-corrected chi connectivity index (χ4v) is 5.01. The lowest BCUT2D eigenvalue weighted by Gasteiger charge is -2.35. The van der Waals surface area contributed by atoms with Gasteiger partial charge in [0, 0.05) is 32.2 Å². The summed E-state index contributed by atoms with van der Waals surface area (Å²) in [6.45, 7) is 4.98. The quantitative estimate of drug-likeness (QED) is 0.699. The van der Waals surface area contributed by atoms with Gasteiger partial charge in [-0.05, 0) is 36.8 Å². The molecule has 1 fully saturated rings. The maximum atomic E-state index is 13.1. The van der Waals surface area contributed by atoms with Crippen LogP contribution in [-0.2, 0) is 19.6 Å². The predicted molar refractivity (Wildman–Crippen MR) is 115 cm³/mol. The Morgan fingerprint density at radius 2 is 1.63 bits per heavy atom. The number of primary amides is 1. The SMILES string of the molecule is CC(C)N(CC(N)=O)CC(=O)N1CCN(S(=O)(=O)c2ccc3ccccc3c2)CC1. The fraction of sp³-hybridized carbons (Fsp3) is 0.429. The summed E-state index contributed by atoms with van der Waals surface area (Å²) >= 11 is 0. The molecule has 3 rings (SSSR count). The van der Waals surface area contributed by atoms with E-state index >= 15 is 0 Å². The second-order valence-electron chi connectivity index (χ2n) is 7.76. The number of sulfonamides is 1. The molecule has 1 aliphatic rings. The zero-order chi connectivity index (χ0) is 21.9. The average Bonchev–Trinajstić information content (AvgIpc) is 2.72. The largest absolute Gasteiger partial charge is 0.369 e. The summed E-state index contributed by atoms with van der Waals surface area (Å²) in [7, 11) is -3.63. The maximum Gasteiger partial charge on any atom is 0.243 e. The van der Waals surface area contributed by atoms with Crippen molar-refractivity contribution in [1.29, 1.82) is 0 Å². The molecule has 0 unspecified atom stereocenters. The maximum absolute atomic E-state index is 13.1. The highest BCUT2D eigenvalue weighted by Gasteiger charge is 2.31. The van der Waals surface area contributed by atoms with Gasteiger partial charge in [-0.25, -0.2) is 8.42 Å². The Morgan fingerprint density at radius 1 is 1.00 bits per heavy atom. The molecule has 2 N–H and O–H groups in total. The number of nitrogens with two attached hydrogens (primary N) is 1. The second-order valence-corrected chi connectivity index (χ2v) is 9.70. The van der Waals surface area contributed by atoms with Gasteiger partial charge >= 0.3 is 0 Å². The van der Waals surface area contributed by atoms with Crippen LogP contribution in [-0.4, -0.2) is 79.6 Å². The lowest BCUT2D eigenvalue weighted by atomic mass is 10.1. The van der Waals surface area contributed by atoms with Crippen LogP contribution < -0.4 is 5.73 Å². The minimum Gasteiger partial charge on any atom is -0.369 e. The molecule has 2 aromatic rings. The monoisotopic (exact) mass is 432 g/mol. The van der Waals surface area contributed by atoms with Gasteiger partial charge in [-0.1, -0.05) is 30.3 Å². The first kappa shape index (κ1) is 22.2. The lowest BCUT2D eigenvalue weighted by molar-refractivity contribution is -0.134. The molecular formula is C21H28N4O4S. The van der Waals surface area contributed by atoms with Crippen LogP contribution in [0, 0.1) is 0 Å². The summed E-state index contributed by atoms with van der Waals surface area (Å²) in [5, 5.41) is 1.85. The van der Waals surface area contributed by atoms with Gasteiger partial charge in [0.05, 0.1) is 18.0 Å². The van der Waals surface area contributed by atoms with Crippen molar-refractivity contribution in [2.45, 2.75) is 24.8 Å². The van der Waals surface area contributed by atoms with Crippen LogP contribution in [0.15, 0.2) is 47.4 Å². The van der Waals surface area contributed by atoms with E-state index < -0.39 is 15.9 Å². The van der Waals surface area contributed by atoms with E-state index in [-0.39, 0.29) is 43.0 Å². The molecule has 0 saturated carbocycles. The summed E-state index contributed by atoms with van der Waals surface area (Å²) in [5.74, 6) is -0.615. The third kappa shape index (κ3) is 4.97. The highest BCUT2D eigenvalue weighted by Crippen LogP contribution is 2.23. The van der Waals surface area contributed by atoms with Crippen molar-refractivity contribution in [2.24, 2.45) is 5.73 Å². The molecular weight excluding hydrogens is 404 g/mol. The molecule has 0 spiro atoms. The highest BCUT2D eigenvalue weighted by atomic mass is 32.2. The van der Waals surface area contributed by atoms with Crippen LogP contribution >= 0.6 is 0 Å². The van der Waals surface area contributed by atoms with Crippen molar-refractivity contribution in [3.8, 4) is 0 Å².